The highest BCUT2D eigenvalue weighted by Crippen LogP contribution is 2.30. The van der Waals surface area contributed by atoms with Gasteiger partial charge in [-0.2, -0.15) is 5.26 Å². The zero-order chi connectivity index (χ0) is 12.3. The smallest absolute Gasteiger partial charge is 0.346 e. The number of carbonyl (C=O) groups is 1. The third-order valence-electron chi connectivity index (χ3n) is 1.68. The number of aliphatic carboxylic acids is 1. The van der Waals surface area contributed by atoms with Crippen LogP contribution in [0.1, 0.15) is 5.56 Å². The largest absolute Gasteiger partial charge is 0.477 e. The van der Waals surface area contributed by atoms with Crippen LogP contribution in [-0.4, -0.2) is 11.1 Å². The van der Waals surface area contributed by atoms with Crippen molar-refractivity contribution in [2.45, 2.75) is 0 Å². The highest BCUT2D eigenvalue weighted by Gasteiger charge is 2.11. The van der Waals surface area contributed by atoms with Gasteiger partial charge in [-0.25, -0.2) is 4.79 Å². The van der Waals surface area contributed by atoms with E-state index in [4.69, 9.17) is 45.2 Å². The number of carboxylic acids is 1. The first kappa shape index (κ1) is 12.9. The van der Waals surface area contributed by atoms with Crippen LogP contribution >= 0.6 is 34.8 Å². The summed E-state index contributed by atoms with van der Waals surface area (Å²) in [7, 11) is 0. The minimum atomic E-state index is -1.34. The van der Waals surface area contributed by atoms with Gasteiger partial charge >= 0.3 is 5.97 Å². The topological polar surface area (TPSA) is 61.1 Å². The summed E-state index contributed by atoms with van der Waals surface area (Å²) in [5.41, 5.74) is -0.196. The maximum absolute atomic E-state index is 10.6. The van der Waals surface area contributed by atoms with Gasteiger partial charge in [-0.3, -0.25) is 0 Å². The fourth-order valence-corrected chi connectivity index (χ4v) is 1.90. The standard InChI is InChI=1S/C10H4Cl3NO2/c11-6-2-8(12)7(9(13)3-6)1-5(4-14)10(15)16/h1-3H,(H,15,16)/b5-1+. The molecule has 82 valence electrons. The summed E-state index contributed by atoms with van der Waals surface area (Å²) in [4.78, 5) is 10.6. The number of benzene rings is 1. The van der Waals surface area contributed by atoms with E-state index >= 15 is 0 Å². The van der Waals surface area contributed by atoms with Crippen LogP contribution in [0.25, 0.3) is 6.08 Å². The zero-order valence-corrected chi connectivity index (χ0v) is 9.94. The molecule has 3 nitrogen and oxygen atoms in total. The van der Waals surface area contributed by atoms with Gasteiger partial charge in [0, 0.05) is 10.6 Å². The molecular weight excluding hydrogens is 272 g/mol. The van der Waals surface area contributed by atoms with Crippen LogP contribution in [0.3, 0.4) is 0 Å². The number of rotatable bonds is 2. The Bertz CT molecular complexity index is 494. The van der Waals surface area contributed by atoms with E-state index in [0.717, 1.165) is 6.08 Å². The summed E-state index contributed by atoms with van der Waals surface area (Å²) < 4.78 is 0. The quantitative estimate of drug-likeness (QED) is 0.662. The first-order valence-corrected chi connectivity index (χ1v) is 5.08. The highest BCUT2D eigenvalue weighted by atomic mass is 35.5. The SMILES string of the molecule is N#C/C(=C\c1c(Cl)cc(Cl)cc1Cl)C(=O)O. The van der Waals surface area contributed by atoms with E-state index in [1.165, 1.54) is 18.2 Å². The first-order valence-electron chi connectivity index (χ1n) is 3.95. The van der Waals surface area contributed by atoms with E-state index in [9.17, 15) is 4.79 Å². The molecule has 0 aliphatic rings. The molecule has 0 aliphatic heterocycles. The summed E-state index contributed by atoms with van der Waals surface area (Å²) in [6.45, 7) is 0. The van der Waals surface area contributed by atoms with Gasteiger partial charge in [-0.05, 0) is 18.2 Å². The van der Waals surface area contributed by atoms with Crippen molar-refractivity contribution >= 4 is 46.8 Å². The molecule has 1 aromatic carbocycles. The van der Waals surface area contributed by atoms with E-state index in [0.29, 0.717) is 5.02 Å². The number of nitriles is 1. The second-order valence-electron chi connectivity index (χ2n) is 2.76. The summed E-state index contributed by atoms with van der Waals surface area (Å²) in [5, 5.41) is 18.0. The molecule has 0 aliphatic carbocycles. The molecule has 0 aromatic heterocycles. The maximum Gasteiger partial charge on any atom is 0.346 e. The van der Waals surface area contributed by atoms with E-state index in [-0.39, 0.29) is 15.6 Å². The molecule has 0 saturated carbocycles. The summed E-state index contributed by atoms with van der Waals surface area (Å²) in [6, 6.07) is 4.36. The molecule has 0 bridgehead atoms. The lowest BCUT2D eigenvalue weighted by Gasteiger charge is -2.02. The Morgan fingerprint density at radius 2 is 1.81 bits per heavy atom. The van der Waals surface area contributed by atoms with E-state index in [1.807, 2.05) is 0 Å². The summed E-state index contributed by atoms with van der Waals surface area (Å²) >= 11 is 17.3. The lowest BCUT2D eigenvalue weighted by molar-refractivity contribution is -0.132. The Labute approximate surface area is 106 Å². The van der Waals surface area contributed by atoms with Gasteiger partial charge in [0.1, 0.15) is 11.6 Å². The van der Waals surface area contributed by atoms with Crippen molar-refractivity contribution in [3.05, 3.63) is 38.3 Å². The van der Waals surface area contributed by atoms with Gasteiger partial charge in [0.05, 0.1) is 10.0 Å². The van der Waals surface area contributed by atoms with Crippen LogP contribution in [0, 0.1) is 11.3 Å². The molecule has 0 saturated heterocycles. The normalized spacial score (nSPS) is 11.0. The van der Waals surface area contributed by atoms with Crippen LogP contribution < -0.4 is 0 Å². The highest BCUT2D eigenvalue weighted by molar-refractivity contribution is 6.40. The fraction of sp³-hybridized carbons (Fsp3) is 0. The fourth-order valence-electron chi connectivity index (χ4n) is 0.977. The Morgan fingerprint density at radius 1 is 1.31 bits per heavy atom. The molecule has 1 aromatic rings. The van der Waals surface area contributed by atoms with Crippen LogP contribution in [0.15, 0.2) is 17.7 Å². The molecule has 0 unspecified atom stereocenters. The monoisotopic (exact) mass is 275 g/mol. The Kier molecular flexibility index (Phi) is 4.19. The van der Waals surface area contributed by atoms with Crippen molar-refractivity contribution in [1.29, 1.82) is 5.26 Å². The minimum absolute atomic E-state index is 0.187. The summed E-state index contributed by atoms with van der Waals surface area (Å²) in [5.74, 6) is -1.34. The average Bonchev–Trinajstić information content (AvgIpc) is 2.15. The lowest BCUT2D eigenvalue weighted by atomic mass is 10.1. The summed E-state index contributed by atoms with van der Waals surface area (Å²) in [6.07, 6.45) is 1.10. The van der Waals surface area contributed by atoms with E-state index < -0.39 is 11.5 Å². The van der Waals surface area contributed by atoms with Gasteiger partial charge in [0.2, 0.25) is 0 Å². The van der Waals surface area contributed by atoms with Gasteiger partial charge in [-0.15, -0.1) is 0 Å². The second-order valence-corrected chi connectivity index (χ2v) is 4.01. The van der Waals surface area contributed by atoms with Crippen molar-refractivity contribution in [1.82, 2.24) is 0 Å². The number of hydrogen-bond acceptors (Lipinski definition) is 2. The van der Waals surface area contributed by atoms with Crippen LogP contribution in [0.4, 0.5) is 0 Å². The zero-order valence-electron chi connectivity index (χ0n) is 7.67. The van der Waals surface area contributed by atoms with Crippen molar-refractivity contribution in [2.24, 2.45) is 0 Å². The Hall–Kier alpha value is -1.21. The molecule has 0 heterocycles. The van der Waals surface area contributed by atoms with Crippen molar-refractivity contribution in [2.75, 3.05) is 0 Å². The first-order chi connectivity index (χ1) is 7.45. The van der Waals surface area contributed by atoms with Gasteiger partial charge in [0.15, 0.2) is 0 Å². The van der Waals surface area contributed by atoms with E-state index in [2.05, 4.69) is 0 Å². The molecule has 0 amide bonds. The van der Waals surface area contributed by atoms with Gasteiger partial charge in [-0.1, -0.05) is 34.8 Å². The molecule has 16 heavy (non-hydrogen) atoms. The maximum atomic E-state index is 10.6. The molecule has 1 rings (SSSR count). The third kappa shape index (κ3) is 2.89. The molecular formula is C10H4Cl3NO2. The van der Waals surface area contributed by atoms with Crippen LogP contribution in [0.5, 0.6) is 0 Å². The Balaban J connectivity index is 3.36. The van der Waals surface area contributed by atoms with Crippen LogP contribution in [0.2, 0.25) is 15.1 Å². The minimum Gasteiger partial charge on any atom is -0.477 e. The van der Waals surface area contributed by atoms with Crippen molar-refractivity contribution in [3.8, 4) is 6.07 Å². The van der Waals surface area contributed by atoms with Gasteiger partial charge in [0.25, 0.3) is 0 Å². The van der Waals surface area contributed by atoms with Crippen molar-refractivity contribution < 1.29 is 9.90 Å². The number of carboxylic acid groups (broad SMARTS) is 1. The van der Waals surface area contributed by atoms with Crippen molar-refractivity contribution in [3.63, 3.8) is 0 Å². The number of nitrogens with zero attached hydrogens (tertiary/aromatic N) is 1. The molecule has 0 spiro atoms. The second kappa shape index (κ2) is 5.22. The van der Waals surface area contributed by atoms with E-state index in [1.54, 1.807) is 0 Å². The molecule has 6 heteroatoms. The predicted octanol–water partition coefficient (Wildman–Crippen LogP) is 3.64. The Morgan fingerprint density at radius 3 is 2.19 bits per heavy atom. The van der Waals surface area contributed by atoms with Crippen LogP contribution in [-0.2, 0) is 4.79 Å². The number of hydrogen-bond donors (Lipinski definition) is 1. The number of halogens is 3. The lowest BCUT2D eigenvalue weighted by Crippen LogP contribution is -1.97. The molecule has 0 fully saturated rings. The van der Waals surface area contributed by atoms with Gasteiger partial charge < -0.3 is 5.11 Å². The molecule has 1 N–H and O–H groups in total. The molecule has 0 atom stereocenters. The predicted molar refractivity (Wildman–Crippen MR) is 62.7 cm³/mol. The third-order valence-corrected chi connectivity index (χ3v) is 2.53. The average molecular weight is 277 g/mol. The molecule has 0 radical (unpaired) electrons.